The van der Waals surface area contributed by atoms with Gasteiger partial charge in [0, 0.05) is 18.6 Å². The summed E-state index contributed by atoms with van der Waals surface area (Å²) < 4.78 is 63.9. The van der Waals surface area contributed by atoms with E-state index in [1.807, 2.05) is 128 Å². The maximum absolute atomic E-state index is 12.2. The minimum Gasteiger partial charge on any atom is -0.469 e. The van der Waals surface area contributed by atoms with Gasteiger partial charge >= 0.3 is 5.97 Å². The molecule has 0 radical (unpaired) electrons. The fourth-order valence-electron chi connectivity index (χ4n) is 7.61. The number of rotatable bonds is 19. The molecule has 3 saturated heterocycles. The minimum atomic E-state index is -1.21. The fraction of sp³-hybridized carbons (Fsp3) is 0.468. The first-order chi connectivity index (χ1) is 29.0. The average molecular weight is 813 g/mol. The smallest absolute Gasteiger partial charge is 0.305 e. The van der Waals surface area contributed by atoms with E-state index in [9.17, 15) is 9.90 Å². The van der Waals surface area contributed by atoms with Crippen molar-refractivity contribution in [3.05, 3.63) is 144 Å². The number of carbonyl (C=O) groups excluding carboxylic acids is 1. The van der Waals surface area contributed by atoms with Crippen LogP contribution in [0.5, 0.6) is 0 Å². The second-order valence-electron chi connectivity index (χ2n) is 15.1. The highest BCUT2D eigenvalue weighted by atomic mass is 16.8. The van der Waals surface area contributed by atoms with Crippen molar-refractivity contribution in [2.24, 2.45) is 0 Å². The standard InChI is InChI=1S/C47H56O12/c1-32-40(52-28-33-18-8-3-9-19-33)43(53-29-34-20-10-4-11-21-34)44(54-30-35-22-12-5-13-23-35)47(56-32)59-42-39(49)41-37(31-55-45(58-41)36-24-14-6-15-25-36)57-46(42)51-27-17-7-16-26-38(48)50-2/h3-6,8-15,18-25,32,37,39-47,49H,7,16-17,26-31H2,1-2H3/t32-,37+,39-,40+,41-,42+,43+,44-,45-,46+,47-/m0/s1. The second kappa shape index (κ2) is 22.0. The fourth-order valence-corrected chi connectivity index (χ4v) is 7.61. The molecular formula is C47H56O12. The number of aliphatic hydroxyl groups is 1. The molecule has 1 N–H and O–H groups in total. The summed E-state index contributed by atoms with van der Waals surface area (Å²) in [6.45, 7) is 3.24. The van der Waals surface area contributed by atoms with Crippen molar-refractivity contribution in [2.45, 2.75) is 120 Å². The van der Waals surface area contributed by atoms with Crippen LogP contribution in [0.1, 0.15) is 61.2 Å². The summed E-state index contributed by atoms with van der Waals surface area (Å²) in [6.07, 6.45) is -6.72. The van der Waals surface area contributed by atoms with E-state index in [1.165, 1.54) is 7.11 Å². The van der Waals surface area contributed by atoms with Gasteiger partial charge in [-0.25, -0.2) is 0 Å². The van der Waals surface area contributed by atoms with Gasteiger partial charge in [-0.2, -0.15) is 0 Å². The predicted molar refractivity (Wildman–Crippen MR) is 215 cm³/mol. The molecule has 12 nitrogen and oxygen atoms in total. The van der Waals surface area contributed by atoms with E-state index in [0.29, 0.717) is 25.9 Å². The molecule has 4 aromatic carbocycles. The Labute approximate surface area is 346 Å². The molecule has 0 bridgehead atoms. The number of methoxy groups -OCH3 is 1. The van der Waals surface area contributed by atoms with Crippen LogP contribution < -0.4 is 0 Å². The van der Waals surface area contributed by atoms with E-state index in [-0.39, 0.29) is 32.4 Å². The third kappa shape index (κ3) is 11.8. The zero-order chi connectivity index (χ0) is 40.8. The van der Waals surface area contributed by atoms with Crippen molar-refractivity contribution in [3.63, 3.8) is 0 Å². The van der Waals surface area contributed by atoms with Crippen LogP contribution in [0.15, 0.2) is 121 Å². The summed E-state index contributed by atoms with van der Waals surface area (Å²) in [5, 5.41) is 12.2. The van der Waals surface area contributed by atoms with E-state index < -0.39 is 67.7 Å². The number of carbonyl (C=O) groups is 1. The van der Waals surface area contributed by atoms with E-state index in [2.05, 4.69) is 0 Å². The zero-order valence-corrected chi connectivity index (χ0v) is 33.7. The molecule has 3 aliphatic rings. The van der Waals surface area contributed by atoms with Gasteiger partial charge in [0.1, 0.15) is 42.7 Å². The highest BCUT2D eigenvalue weighted by molar-refractivity contribution is 5.68. The van der Waals surface area contributed by atoms with Gasteiger partial charge in [-0.3, -0.25) is 4.79 Å². The van der Waals surface area contributed by atoms with Crippen molar-refractivity contribution >= 4 is 5.97 Å². The summed E-state index contributed by atoms with van der Waals surface area (Å²) in [7, 11) is 1.38. The number of aliphatic hydroxyl groups excluding tert-OH is 1. The Kier molecular flexibility index (Phi) is 16.0. The van der Waals surface area contributed by atoms with Gasteiger partial charge in [0.2, 0.25) is 0 Å². The first kappa shape index (κ1) is 43.1. The lowest BCUT2D eigenvalue weighted by molar-refractivity contribution is -0.396. The van der Waals surface area contributed by atoms with Crippen molar-refractivity contribution in [2.75, 3.05) is 20.3 Å². The summed E-state index contributed by atoms with van der Waals surface area (Å²) in [4.78, 5) is 11.7. The molecule has 0 aliphatic carbocycles. The third-order valence-corrected chi connectivity index (χ3v) is 10.8. The number of ether oxygens (including phenoxy) is 10. The number of hydrogen-bond acceptors (Lipinski definition) is 12. The maximum Gasteiger partial charge on any atom is 0.305 e. The molecule has 3 fully saturated rings. The Bertz CT molecular complexity index is 1800. The Hall–Kier alpha value is -4.05. The molecule has 7 rings (SSSR count). The summed E-state index contributed by atoms with van der Waals surface area (Å²) in [5.74, 6) is -0.250. The lowest BCUT2D eigenvalue weighted by Gasteiger charge is -2.50. The molecule has 4 aromatic rings. The summed E-state index contributed by atoms with van der Waals surface area (Å²) in [5.41, 5.74) is 3.77. The molecular weight excluding hydrogens is 757 g/mol. The van der Waals surface area contributed by atoms with Gasteiger partial charge in [-0.1, -0.05) is 128 Å². The van der Waals surface area contributed by atoms with Crippen molar-refractivity contribution in [1.29, 1.82) is 0 Å². The molecule has 0 unspecified atom stereocenters. The van der Waals surface area contributed by atoms with Crippen molar-refractivity contribution < 1.29 is 57.3 Å². The molecule has 0 saturated carbocycles. The Morgan fingerprint density at radius 2 is 1.19 bits per heavy atom. The largest absolute Gasteiger partial charge is 0.469 e. The topological polar surface area (TPSA) is 130 Å². The van der Waals surface area contributed by atoms with Gasteiger partial charge in [0.25, 0.3) is 0 Å². The van der Waals surface area contributed by atoms with Crippen LogP contribution in [0.25, 0.3) is 0 Å². The Balaban J connectivity index is 1.15. The quantitative estimate of drug-likeness (QED) is 0.0788. The Morgan fingerprint density at radius 1 is 0.627 bits per heavy atom. The number of hydrogen-bond donors (Lipinski definition) is 1. The van der Waals surface area contributed by atoms with Gasteiger partial charge in [-0.15, -0.1) is 0 Å². The number of esters is 1. The van der Waals surface area contributed by atoms with Gasteiger partial charge < -0.3 is 52.5 Å². The summed E-state index contributed by atoms with van der Waals surface area (Å²) in [6, 6.07) is 39.3. The van der Waals surface area contributed by atoms with Crippen LogP contribution in [0.4, 0.5) is 0 Å². The van der Waals surface area contributed by atoms with Crippen LogP contribution in [0, 0.1) is 0 Å². The van der Waals surface area contributed by atoms with Crippen LogP contribution in [0.2, 0.25) is 0 Å². The number of fused-ring (bicyclic) bond motifs is 1. The third-order valence-electron chi connectivity index (χ3n) is 10.8. The highest BCUT2D eigenvalue weighted by Gasteiger charge is 2.54. The first-order valence-corrected chi connectivity index (χ1v) is 20.6. The van der Waals surface area contributed by atoms with E-state index >= 15 is 0 Å². The van der Waals surface area contributed by atoms with E-state index in [1.54, 1.807) is 0 Å². The molecule has 3 heterocycles. The molecule has 3 aliphatic heterocycles. The highest BCUT2D eigenvalue weighted by Crippen LogP contribution is 2.38. The first-order valence-electron chi connectivity index (χ1n) is 20.6. The molecule has 0 aromatic heterocycles. The summed E-state index contributed by atoms with van der Waals surface area (Å²) >= 11 is 0. The molecule has 59 heavy (non-hydrogen) atoms. The second-order valence-corrected chi connectivity index (χ2v) is 15.1. The van der Waals surface area contributed by atoms with Crippen molar-refractivity contribution in [3.8, 4) is 0 Å². The molecule has 0 amide bonds. The average Bonchev–Trinajstić information content (AvgIpc) is 3.28. The monoisotopic (exact) mass is 812 g/mol. The molecule has 0 spiro atoms. The number of benzene rings is 4. The number of unbranched alkanes of at least 4 members (excludes halogenated alkanes) is 2. The van der Waals surface area contributed by atoms with Crippen molar-refractivity contribution in [1.82, 2.24) is 0 Å². The van der Waals surface area contributed by atoms with E-state index in [4.69, 9.17) is 47.4 Å². The molecule has 11 atom stereocenters. The minimum absolute atomic E-state index is 0.169. The van der Waals surface area contributed by atoms with Gasteiger partial charge in [-0.05, 0) is 36.5 Å². The van der Waals surface area contributed by atoms with Gasteiger partial charge in [0.05, 0.1) is 39.6 Å². The van der Waals surface area contributed by atoms with Crippen LogP contribution in [0.3, 0.4) is 0 Å². The van der Waals surface area contributed by atoms with Crippen LogP contribution in [-0.2, 0) is 72.0 Å². The van der Waals surface area contributed by atoms with Crippen LogP contribution >= 0.6 is 0 Å². The lowest BCUT2D eigenvalue weighted by Crippen LogP contribution is -2.66. The molecule has 316 valence electrons. The van der Waals surface area contributed by atoms with E-state index in [0.717, 1.165) is 28.7 Å². The normalized spacial score (nSPS) is 29.4. The van der Waals surface area contributed by atoms with Gasteiger partial charge in [0.15, 0.2) is 18.9 Å². The SMILES string of the molecule is COC(=O)CCCCCO[C@@H]1O[C@@H]2CO[C@H](c3ccccc3)O[C@@H]2[C@H](O)[C@H]1O[C@@H]1O[C@@H](C)[C@@H](OCc2ccccc2)[C@@H](OCc2ccccc2)[C@@H]1OCc1ccccc1. The maximum atomic E-state index is 12.2. The zero-order valence-electron chi connectivity index (χ0n) is 33.7. The Morgan fingerprint density at radius 3 is 1.78 bits per heavy atom. The lowest BCUT2D eigenvalue weighted by atomic mass is 9.96. The van der Waals surface area contributed by atoms with Crippen LogP contribution in [-0.4, -0.2) is 92.8 Å². The predicted octanol–water partition coefficient (Wildman–Crippen LogP) is 6.82. The molecule has 12 heteroatoms.